The molecule has 1 aromatic carbocycles. The molecule has 20 heavy (non-hydrogen) atoms. The fourth-order valence-electron chi connectivity index (χ4n) is 1.86. The van der Waals surface area contributed by atoms with Crippen LogP contribution in [0.3, 0.4) is 0 Å². The molecule has 0 bridgehead atoms. The first-order valence-corrected chi connectivity index (χ1v) is 6.93. The Morgan fingerprint density at radius 2 is 2.05 bits per heavy atom. The monoisotopic (exact) mass is 282 g/mol. The van der Waals surface area contributed by atoms with E-state index in [0.717, 1.165) is 0 Å². The molecule has 0 spiro atoms. The first-order chi connectivity index (χ1) is 9.62. The summed E-state index contributed by atoms with van der Waals surface area (Å²) in [5, 5.41) is 18.7. The minimum Gasteiger partial charge on any atom is -0.300 e. The third kappa shape index (κ3) is 2.29. The van der Waals surface area contributed by atoms with Gasteiger partial charge in [0.2, 0.25) is 0 Å². The maximum absolute atomic E-state index is 11.9. The van der Waals surface area contributed by atoms with Gasteiger partial charge in [-0.1, -0.05) is 23.9 Å². The van der Waals surface area contributed by atoms with Crippen LogP contribution in [0, 0.1) is 29.6 Å². The molecule has 1 heterocycles. The Morgan fingerprint density at radius 3 is 2.65 bits per heavy atom. The molecule has 1 aromatic heterocycles. The van der Waals surface area contributed by atoms with Gasteiger partial charge >= 0.3 is 0 Å². The summed E-state index contributed by atoms with van der Waals surface area (Å²) in [4.78, 5) is 18.7. The zero-order valence-corrected chi connectivity index (χ0v) is 11.7. The second kappa shape index (κ2) is 5.60. The van der Waals surface area contributed by atoms with Gasteiger partial charge in [0.1, 0.15) is 11.6 Å². The van der Waals surface area contributed by atoms with Crippen molar-refractivity contribution in [2.45, 2.75) is 12.1 Å². The van der Waals surface area contributed by atoms with Crippen molar-refractivity contribution in [3.63, 3.8) is 0 Å². The number of nitriles is 2. The van der Waals surface area contributed by atoms with Crippen LogP contribution in [0.5, 0.6) is 0 Å². The number of aromatic nitrogens is 2. The van der Waals surface area contributed by atoms with E-state index in [1.165, 1.54) is 11.8 Å². The molecular weight excluding hydrogens is 272 g/mol. The Balaban J connectivity index is 2.83. The standard InChI is InChI=1S/C14H10N4OS/c1-8-9(6-15)4-3-5-10(8)12-11(7-16)13(19)18-14(17-12)20-2/h3-5H,1-2H3,(H,17,18,19). The van der Waals surface area contributed by atoms with Crippen molar-refractivity contribution in [1.82, 2.24) is 9.97 Å². The van der Waals surface area contributed by atoms with Crippen LogP contribution < -0.4 is 5.56 Å². The number of thioether (sulfide) groups is 1. The molecule has 0 aliphatic carbocycles. The number of hydrogen-bond acceptors (Lipinski definition) is 5. The maximum atomic E-state index is 11.9. The van der Waals surface area contributed by atoms with Gasteiger partial charge in [-0.15, -0.1) is 0 Å². The molecule has 2 rings (SSSR count). The molecule has 0 atom stereocenters. The van der Waals surface area contributed by atoms with Crippen LogP contribution in [-0.2, 0) is 0 Å². The zero-order valence-electron chi connectivity index (χ0n) is 10.9. The van der Waals surface area contributed by atoms with Crippen molar-refractivity contribution >= 4 is 11.8 Å². The van der Waals surface area contributed by atoms with E-state index in [-0.39, 0.29) is 5.56 Å². The highest BCUT2D eigenvalue weighted by molar-refractivity contribution is 7.98. The molecule has 0 saturated heterocycles. The Morgan fingerprint density at radius 1 is 1.30 bits per heavy atom. The molecular formula is C14H10N4OS. The summed E-state index contributed by atoms with van der Waals surface area (Å²) in [5.74, 6) is 0. The van der Waals surface area contributed by atoms with Crippen LogP contribution in [0.15, 0.2) is 28.2 Å². The van der Waals surface area contributed by atoms with Crippen molar-refractivity contribution in [1.29, 1.82) is 10.5 Å². The molecule has 5 nitrogen and oxygen atoms in total. The van der Waals surface area contributed by atoms with E-state index in [9.17, 15) is 4.79 Å². The second-order valence-electron chi connectivity index (χ2n) is 4.00. The largest absolute Gasteiger partial charge is 0.300 e. The SMILES string of the molecule is CSc1nc(-c2cccc(C#N)c2C)c(C#N)c(=O)[nH]1. The summed E-state index contributed by atoms with van der Waals surface area (Å²) < 4.78 is 0. The quantitative estimate of drug-likeness (QED) is 0.673. The smallest absolute Gasteiger partial charge is 0.270 e. The van der Waals surface area contributed by atoms with Crippen LogP contribution in [-0.4, -0.2) is 16.2 Å². The third-order valence-electron chi connectivity index (χ3n) is 2.91. The Hall–Kier alpha value is -2.57. The average Bonchev–Trinajstić information content (AvgIpc) is 2.46. The van der Waals surface area contributed by atoms with Crippen LogP contribution in [0.25, 0.3) is 11.3 Å². The predicted octanol–water partition coefficient (Wildman–Crippen LogP) is 2.21. The highest BCUT2D eigenvalue weighted by Crippen LogP contribution is 2.26. The molecule has 1 N–H and O–H groups in total. The van der Waals surface area contributed by atoms with Crippen molar-refractivity contribution in [3.05, 3.63) is 45.2 Å². The average molecular weight is 282 g/mol. The van der Waals surface area contributed by atoms with Gasteiger partial charge in [0.25, 0.3) is 5.56 Å². The van der Waals surface area contributed by atoms with E-state index in [1.807, 2.05) is 6.07 Å². The van der Waals surface area contributed by atoms with Gasteiger partial charge in [0.05, 0.1) is 17.3 Å². The molecule has 6 heteroatoms. The van der Waals surface area contributed by atoms with Crippen LogP contribution in [0.2, 0.25) is 0 Å². The van der Waals surface area contributed by atoms with Crippen LogP contribution in [0.1, 0.15) is 16.7 Å². The van der Waals surface area contributed by atoms with E-state index in [1.54, 1.807) is 31.4 Å². The van der Waals surface area contributed by atoms with Gasteiger partial charge in [-0.3, -0.25) is 4.79 Å². The molecule has 0 aliphatic heterocycles. The van der Waals surface area contributed by atoms with E-state index < -0.39 is 5.56 Å². The van der Waals surface area contributed by atoms with Gasteiger partial charge in [-0.05, 0) is 24.8 Å². The Labute approximate surface area is 119 Å². The van der Waals surface area contributed by atoms with E-state index >= 15 is 0 Å². The third-order valence-corrected chi connectivity index (χ3v) is 3.49. The van der Waals surface area contributed by atoms with Crippen molar-refractivity contribution in [2.24, 2.45) is 0 Å². The van der Waals surface area contributed by atoms with E-state index in [2.05, 4.69) is 16.0 Å². The zero-order chi connectivity index (χ0) is 14.7. The summed E-state index contributed by atoms with van der Waals surface area (Å²) in [6, 6.07) is 9.12. The number of hydrogen-bond donors (Lipinski definition) is 1. The Kier molecular flexibility index (Phi) is 3.88. The fraction of sp³-hybridized carbons (Fsp3) is 0.143. The maximum Gasteiger partial charge on any atom is 0.270 e. The summed E-state index contributed by atoms with van der Waals surface area (Å²) in [5.41, 5.74) is 1.64. The molecule has 0 fully saturated rings. The Bertz CT molecular complexity index is 811. The molecule has 0 amide bonds. The lowest BCUT2D eigenvalue weighted by Gasteiger charge is -2.09. The molecule has 98 valence electrons. The molecule has 0 unspecified atom stereocenters. The lowest BCUT2D eigenvalue weighted by atomic mass is 9.98. The molecule has 0 aliphatic rings. The fourth-order valence-corrected chi connectivity index (χ4v) is 2.24. The summed E-state index contributed by atoms with van der Waals surface area (Å²) >= 11 is 1.29. The van der Waals surface area contributed by atoms with Gasteiger partial charge in [-0.25, -0.2) is 4.98 Å². The second-order valence-corrected chi connectivity index (χ2v) is 4.80. The van der Waals surface area contributed by atoms with Crippen LogP contribution in [0.4, 0.5) is 0 Å². The van der Waals surface area contributed by atoms with Gasteiger partial charge in [0, 0.05) is 5.56 Å². The lowest BCUT2D eigenvalue weighted by Crippen LogP contribution is -2.15. The highest BCUT2D eigenvalue weighted by Gasteiger charge is 2.16. The first kappa shape index (κ1) is 13.9. The summed E-state index contributed by atoms with van der Waals surface area (Å²) in [7, 11) is 0. The molecule has 2 aromatic rings. The number of H-pyrrole nitrogens is 1. The van der Waals surface area contributed by atoms with Crippen LogP contribution >= 0.6 is 11.8 Å². The van der Waals surface area contributed by atoms with Gasteiger partial charge in [0.15, 0.2) is 5.16 Å². The predicted molar refractivity (Wildman–Crippen MR) is 76.2 cm³/mol. The van der Waals surface area contributed by atoms with E-state index in [0.29, 0.717) is 27.5 Å². The minimum absolute atomic E-state index is 0.0408. The van der Waals surface area contributed by atoms with Gasteiger partial charge < -0.3 is 4.98 Å². The highest BCUT2D eigenvalue weighted by atomic mass is 32.2. The molecule has 0 saturated carbocycles. The number of aromatic amines is 1. The topological polar surface area (TPSA) is 93.3 Å². The first-order valence-electron chi connectivity index (χ1n) is 5.70. The van der Waals surface area contributed by atoms with E-state index in [4.69, 9.17) is 10.5 Å². The molecule has 0 radical (unpaired) electrons. The van der Waals surface area contributed by atoms with Crippen molar-refractivity contribution in [2.75, 3.05) is 6.26 Å². The normalized spacial score (nSPS) is 9.80. The lowest BCUT2D eigenvalue weighted by molar-refractivity contribution is 0.936. The summed E-state index contributed by atoms with van der Waals surface area (Å²) in [6.45, 7) is 1.77. The number of rotatable bonds is 2. The van der Waals surface area contributed by atoms with Gasteiger partial charge in [-0.2, -0.15) is 10.5 Å². The minimum atomic E-state index is -0.469. The number of nitrogens with one attached hydrogen (secondary N) is 1. The number of benzene rings is 1. The number of nitrogens with zero attached hydrogens (tertiary/aromatic N) is 3. The van der Waals surface area contributed by atoms with Crippen molar-refractivity contribution < 1.29 is 0 Å². The summed E-state index contributed by atoms with van der Waals surface area (Å²) in [6.07, 6.45) is 1.78. The van der Waals surface area contributed by atoms with Crippen molar-refractivity contribution in [3.8, 4) is 23.4 Å².